The van der Waals surface area contributed by atoms with E-state index in [-0.39, 0.29) is 18.0 Å². The van der Waals surface area contributed by atoms with Crippen molar-refractivity contribution in [3.8, 4) is 6.07 Å². The zero-order chi connectivity index (χ0) is 17.5. The Morgan fingerprint density at radius 3 is 2.50 bits per heavy atom. The maximum Gasteiger partial charge on any atom is 0.410 e. The van der Waals surface area contributed by atoms with Crippen molar-refractivity contribution >= 4 is 17.7 Å². The minimum atomic E-state index is -0.286. The summed E-state index contributed by atoms with van der Waals surface area (Å²) in [5.41, 5.74) is 1.23. The fraction of sp³-hybridized carbons (Fsp3) is 0.471. The summed E-state index contributed by atoms with van der Waals surface area (Å²) in [6.07, 6.45) is -0.286. The van der Waals surface area contributed by atoms with Crippen LogP contribution in [0.5, 0.6) is 0 Å². The minimum Gasteiger partial charge on any atom is -0.450 e. The number of benzene rings is 1. The van der Waals surface area contributed by atoms with Crippen molar-refractivity contribution in [1.82, 2.24) is 4.90 Å². The van der Waals surface area contributed by atoms with Crippen LogP contribution in [0.1, 0.15) is 19.4 Å². The van der Waals surface area contributed by atoms with Crippen molar-refractivity contribution in [2.45, 2.75) is 19.9 Å². The number of rotatable bonds is 4. The first-order valence-electron chi connectivity index (χ1n) is 8.12. The predicted octanol–water partition coefficient (Wildman–Crippen LogP) is 0.242. The van der Waals surface area contributed by atoms with Crippen LogP contribution >= 0.6 is 0 Å². The Morgan fingerprint density at radius 1 is 1.33 bits per heavy atom. The molecule has 0 saturated carbocycles. The molecule has 0 aliphatic carbocycles. The Morgan fingerprint density at radius 2 is 1.96 bits per heavy atom. The van der Waals surface area contributed by atoms with Crippen molar-refractivity contribution in [2.75, 3.05) is 38.1 Å². The third kappa shape index (κ3) is 4.46. The molecule has 128 valence electrons. The van der Waals surface area contributed by atoms with Gasteiger partial charge >= 0.3 is 6.09 Å². The molecule has 1 heterocycles. The van der Waals surface area contributed by atoms with Crippen molar-refractivity contribution in [1.29, 1.82) is 5.26 Å². The number of anilines is 1. The number of nitrogens with zero attached hydrogens (tertiary/aromatic N) is 2. The fourth-order valence-corrected chi connectivity index (χ4v) is 2.69. The number of nitriles is 1. The molecular formula is C17H23N4O3+. The highest BCUT2D eigenvalue weighted by atomic mass is 16.6. The number of piperazine rings is 1. The van der Waals surface area contributed by atoms with E-state index in [0.717, 1.165) is 4.90 Å². The molecule has 7 nitrogen and oxygen atoms in total. The number of carbonyl (C=O) groups excluding carboxylic acids is 2. The van der Waals surface area contributed by atoms with Gasteiger partial charge in [-0.3, -0.25) is 9.69 Å². The van der Waals surface area contributed by atoms with Crippen molar-refractivity contribution in [2.24, 2.45) is 0 Å². The van der Waals surface area contributed by atoms with Gasteiger partial charge in [0.2, 0.25) is 0 Å². The molecule has 2 amide bonds. The lowest BCUT2D eigenvalue weighted by molar-refractivity contribution is -0.917. The van der Waals surface area contributed by atoms with E-state index in [9.17, 15) is 9.59 Å². The zero-order valence-corrected chi connectivity index (χ0v) is 14.0. The Labute approximate surface area is 141 Å². The third-order valence-electron chi connectivity index (χ3n) is 4.22. The second-order valence-corrected chi connectivity index (χ2v) is 5.74. The monoisotopic (exact) mass is 331 g/mol. The second-order valence-electron chi connectivity index (χ2n) is 5.74. The van der Waals surface area contributed by atoms with Gasteiger partial charge < -0.3 is 15.0 Å². The molecule has 1 saturated heterocycles. The van der Waals surface area contributed by atoms with E-state index in [0.29, 0.717) is 44.0 Å². The summed E-state index contributed by atoms with van der Waals surface area (Å²) in [5, 5.41) is 11.7. The van der Waals surface area contributed by atoms with Gasteiger partial charge in [0.25, 0.3) is 5.91 Å². The molecule has 0 unspecified atom stereocenters. The van der Waals surface area contributed by atoms with Gasteiger partial charge in [-0.1, -0.05) is 0 Å². The molecule has 1 atom stereocenters. The lowest BCUT2D eigenvalue weighted by Gasteiger charge is -2.34. The lowest BCUT2D eigenvalue weighted by Crippen LogP contribution is -3.19. The quantitative estimate of drug-likeness (QED) is 0.828. The molecule has 7 heteroatoms. The van der Waals surface area contributed by atoms with E-state index >= 15 is 0 Å². The molecule has 1 aliphatic heterocycles. The SMILES string of the molecule is CCOC(=O)N1CC[NH+]([C@H](C)C(=O)Nc2ccc(C#N)cc2)CC1. The fourth-order valence-electron chi connectivity index (χ4n) is 2.69. The van der Waals surface area contributed by atoms with E-state index in [1.807, 2.05) is 13.0 Å². The number of nitrogens with one attached hydrogen (secondary N) is 2. The molecule has 0 spiro atoms. The average molecular weight is 331 g/mol. The van der Waals surface area contributed by atoms with Crippen LogP contribution < -0.4 is 10.2 Å². The standard InChI is InChI=1S/C17H22N4O3/c1-3-24-17(23)21-10-8-20(9-11-21)13(2)16(22)19-15-6-4-14(12-18)5-7-15/h4-7,13H,3,8-11H2,1-2H3,(H,19,22)/p+1/t13-/m1/s1. The largest absolute Gasteiger partial charge is 0.450 e. The van der Waals surface area contributed by atoms with Gasteiger partial charge in [0.1, 0.15) is 0 Å². The smallest absolute Gasteiger partial charge is 0.410 e. The predicted molar refractivity (Wildman–Crippen MR) is 88.5 cm³/mol. The van der Waals surface area contributed by atoms with E-state index in [4.69, 9.17) is 10.00 Å². The summed E-state index contributed by atoms with van der Waals surface area (Å²) >= 11 is 0. The summed E-state index contributed by atoms with van der Waals surface area (Å²) in [7, 11) is 0. The maximum absolute atomic E-state index is 12.4. The van der Waals surface area contributed by atoms with Gasteiger partial charge in [-0.25, -0.2) is 4.79 Å². The van der Waals surface area contributed by atoms with Crippen LogP contribution in [0.3, 0.4) is 0 Å². The highest BCUT2D eigenvalue weighted by Crippen LogP contribution is 2.08. The van der Waals surface area contributed by atoms with Gasteiger partial charge in [0.15, 0.2) is 6.04 Å². The van der Waals surface area contributed by atoms with Crippen molar-refractivity contribution in [3.05, 3.63) is 29.8 Å². The number of ether oxygens (including phenoxy) is 1. The molecule has 24 heavy (non-hydrogen) atoms. The first kappa shape index (κ1) is 17.8. The highest BCUT2D eigenvalue weighted by molar-refractivity contribution is 5.93. The summed E-state index contributed by atoms with van der Waals surface area (Å²) in [6.45, 7) is 6.63. The second kappa shape index (κ2) is 8.31. The van der Waals surface area contributed by atoms with Gasteiger partial charge in [-0.05, 0) is 38.1 Å². The van der Waals surface area contributed by atoms with Gasteiger partial charge in [-0.15, -0.1) is 0 Å². The lowest BCUT2D eigenvalue weighted by atomic mass is 10.2. The zero-order valence-electron chi connectivity index (χ0n) is 14.0. The molecule has 0 aromatic heterocycles. The number of hydrogen-bond acceptors (Lipinski definition) is 4. The van der Waals surface area contributed by atoms with E-state index in [2.05, 4.69) is 5.32 Å². The Balaban J connectivity index is 1.85. The number of hydrogen-bond donors (Lipinski definition) is 2. The Hall–Kier alpha value is -2.59. The number of carbonyl (C=O) groups is 2. The Kier molecular flexibility index (Phi) is 6.15. The molecule has 1 fully saturated rings. The van der Waals surface area contributed by atoms with Gasteiger partial charge in [-0.2, -0.15) is 5.26 Å². The molecule has 1 aromatic carbocycles. The minimum absolute atomic E-state index is 0.0701. The van der Waals surface area contributed by atoms with Crippen LogP contribution in [-0.2, 0) is 9.53 Å². The van der Waals surface area contributed by atoms with Crippen molar-refractivity contribution < 1.29 is 19.2 Å². The summed E-state index contributed by atoms with van der Waals surface area (Å²) in [6, 6.07) is 8.61. The molecule has 2 N–H and O–H groups in total. The first-order chi connectivity index (χ1) is 11.5. The Bertz CT molecular complexity index is 616. The van der Waals surface area contributed by atoms with Gasteiger partial charge in [0.05, 0.1) is 44.4 Å². The van der Waals surface area contributed by atoms with Crippen LogP contribution in [0.2, 0.25) is 0 Å². The first-order valence-corrected chi connectivity index (χ1v) is 8.12. The topological polar surface area (TPSA) is 86.9 Å². The van der Waals surface area contributed by atoms with E-state index < -0.39 is 0 Å². The van der Waals surface area contributed by atoms with Crippen LogP contribution in [-0.4, -0.2) is 55.7 Å². The summed E-state index contributed by atoms with van der Waals surface area (Å²) in [5.74, 6) is -0.0701. The molecule has 1 aliphatic rings. The third-order valence-corrected chi connectivity index (χ3v) is 4.22. The normalized spacial score (nSPS) is 16.1. The van der Waals surface area contributed by atoms with Crippen LogP contribution in [0.4, 0.5) is 10.5 Å². The molecule has 0 radical (unpaired) electrons. The average Bonchev–Trinajstić information content (AvgIpc) is 2.62. The maximum atomic E-state index is 12.4. The van der Waals surface area contributed by atoms with Crippen LogP contribution in [0.25, 0.3) is 0 Å². The van der Waals surface area contributed by atoms with E-state index in [1.165, 1.54) is 0 Å². The number of amides is 2. The molecular weight excluding hydrogens is 308 g/mol. The van der Waals surface area contributed by atoms with Crippen LogP contribution in [0.15, 0.2) is 24.3 Å². The van der Waals surface area contributed by atoms with Crippen molar-refractivity contribution in [3.63, 3.8) is 0 Å². The molecule has 2 rings (SSSR count). The number of quaternary nitrogens is 1. The molecule has 1 aromatic rings. The summed E-state index contributed by atoms with van der Waals surface area (Å²) in [4.78, 5) is 26.9. The molecule has 0 bridgehead atoms. The highest BCUT2D eigenvalue weighted by Gasteiger charge is 2.31. The summed E-state index contributed by atoms with van der Waals surface area (Å²) < 4.78 is 5.00. The van der Waals surface area contributed by atoms with Crippen LogP contribution in [0, 0.1) is 11.3 Å². The van der Waals surface area contributed by atoms with E-state index in [1.54, 1.807) is 36.1 Å². The van der Waals surface area contributed by atoms with Gasteiger partial charge in [0, 0.05) is 5.69 Å².